The normalized spacial score (nSPS) is 27.1. The molecule has 0 radical (unpaired) electrons. The number of aliphatic hydroxyl groups excluding tert-OH is 2. The average molecular weight is 341 g/mol. The van der Waals surface area contributed by atoms with Gasteiger partial charge in [0.1, 0.15) is 24.7 Å². The van der Waals surface area contributed by atoms with E-state index >= 15 is 0 Å². The molecule has 0 bridgehead atoms. The molecule has 1 aromatic rings. The summed E-state index contributed by atoms with van der Waals surface area (Å²) in [6.07, 6.45) is -1.23. The minimum Gasteiger partial charge on any atom is -0.490 e. The fraction of sp³-hybridized carbons (Fsp3) is 0.647. The number of fused-ring (bicyclic) bond motifs is 1. The standard InChI is InChI=1S/C17H27NO4S/c1-17(2)11-21-8-14(19)9-22-15-6-4-3-5-13(15)7-18-16(20)10-23-12-17/h3-6,14,16,18-20H,7-12H2,1-2H3. The second-order valence-corrected chi connectivity index (χ2v) is 7.69. The zero-order valence-corrected chi connectivity index (χ0v) is 14.6. The van der Waals surface area contributed by atoms with Crippen LogP contribution in [-0.4, -0.2) is 53.9 Å². The highest BCUT2D eigenvalue weighted by molar-refractivity contribution is 7.99. The number of ether oxygens (including phenoxy) is 2. The fourth-order valence-corrected chi connectivity index (χ4v) is 3.37. The van der Waals surface area contributed by atoms with Gasteiger partial charge in [0.15, 0.2) is 0 Å². The van der Waals surface area contributed by atoms with Gasteiger partial charge in [0.05, 0.1) is 13.2 Å². The summed E-state index contributed by atoms with van der Waals surface area (Å²) in [5.74, 6) is 2.22. The van der Waals surface area contributed by atoms with Crippen molar-refractivity contribution in [1.82, 2.24) is 5.32 Å². The highest BCUT2D eigenvalue weighted by Gasteiger charge is 2.20. The van der Waals surface area contributed by atoms with Gasteiger partial charge in [-0.2, -0.15) is 11.8 Å². The van der Waals surface area contributed by atoms with Gasteiger partial charge in [-0.15, -0.1) is 0 Å². The smallest absolute Gasteiger partial charge is 0.123 e. The molecule has 0 saturated heterocycles. The van der Waals surface area contributed by atoms with E-state index in [2.05, 4.69) is 19.2 Å². The summed E-state index contributed by atoms with van der Waals surface area (Å²) in [7, 11) is 0. The van der Waals surface area contributed by atoms with Crippen LogP contribution in [0.5, 0.6) is 5.75 Å². The van der Waals surface area contributed by atoms with Gasteiger partial charge in [0.2, 0.25) is 0 Å². The number of hydrogen-bond donors (Lipinski definition) is 3. The first-order chi connectivity index (χ1) is 11.0. The molecule has 130 valence electrons. The van der Waals surface area contributed by atoms with Crippen LogP contribution in [0.2, 0.25) is 0 Å². The molecule has 0 aliphatic carbocycles. The van der Waals surface area contributed by atoms with Crippen LogP contribution in [0.15, 0.2) is 24.3 Å². The van der Waals surface area contributed by atoms with Crippen LogP contribution in [0.1, 0.15) is 19.4 Å². The van der Waals surface area contributed by atoms with E-state index in [9.17, 15) is 10.2 Å². The maximum absolute atomic E-state index is 10.1. The van der Waals surface area contributed by atoms with Crippen molar-refractivity contribution in [2.45, 2.75) is 32.7 Å². The molecular formula is C17H27NO4S. The van der Waals surface area contributed by atoms with Gasteiger partial charge in [-0.05, 0) is 11.5 Å². The minimum absolute atomic E-state index is 0.00585. The minimum atomic E-state index is -0.657. The highest BCUT2D eigenvalue weighted by Crippen LogP contribution is 2.23. The summed E-state index contributed by atoms with van der Waals surface area (Å²) in [6.45, 7) is 5.78. The molecule has 6 heteroatoms. The predicted molar refractivity (Wildman–Crippen MR) is 92.7 cm³/mol. The van der Waals surface area contributed by atoms with E-state index in [1.165, 1.54) is 0 Å². The summed E-state index contributed by atoms with van der Waals surface area (Å²) in [5.41, 5.74) is 0.952. The van der Waals surface area contributed by atoms with Crippen molar-refractivity contribution >= 4 is 11.8 Å². The highest BCUT2D eigenvalue weighted by atomic mass is 32.2. The molecule has 0 saturated carbocycles. The van der Waals surface area contributed by atoms with Crippen molar-refractivity contribution < 1.29 is 19.7 Å². The zero-order valence-electron chi connectivity index (χ0n) is 13.8. The largest absolute Gasteiger partial charge is 0.490 e. The van der Waals surface area contributed by atoms with Crippen LogP contribution in [0.25, 0.3) is 0 Å². The number of hydrogen-bond acceptors (Lipinski definition) is 6. The van der Waals surface area contributed by atoms with E-state index in [1.807, 2.05) is 24.3 Å². The maximum Gasteiger partial charge on any atom is 0.123 e. The molecule has 2 rings (SSSR count). The summed E-state index contributed by atoms with van der Waals surface area (Å²) in [4.78, 5) is 0. The monoisotopic (exact) mass is 341 g/mol. The van der Waals surface area contributed by atoms with Crippen molar-refractivity contribution in [3.05, 3.63) is 29.8 Å². The summed E-state index contributed by atoms with van der Waals surface area (Å²) < 4.78 is 11.3. The first kappa shape index (κ1) is 18.5. The Bertz CT molecular complexity index is 442. The molecule has 1 aliphatic rings. The predicted octanol–water partition coefficient (Wildman–Crippen LogP) is 1.62. The third-order valence-corrected chi connectivity index (χ3v) is 5.04. The number of nitrogens with one attached hydrogen (secondary N) is 1. The lowest BCUT2D eigenvalue weighted by Gasteiger charge is -2.25. The molecule has 2 unspecified atom stereocenters. The van der Waals surface area contributed by atoms with Crippen molar-refractivity contribution in [1.29, 1.82) is 0 Å². The number of thioether (sulfide) groups is 1. The van der Waals surface area contributed by atoms with E-state index in [1.54, 1.807) is 11.8 Å². The van der Waals surface area contributed by atoms with Crippen LogP contribution >= 0.6 is 11.8 Å². The summed E-state index contributed by atoms with van der Waals surface area (Å²) in [5, 5.41) is 23.2. The Balaban J connectivity index is 2.03. The number of aliphatic hydroxyl groups is 2. The van der Waals surface area contributed by atoms with E-state index in [4.69, 9.17) is 9.47 Å². The van der Waals surface area contributed by atoms with Crippen molar-refractivity contribution in [2.75, 3.05) is 31.3 Å². The van der Waals surface area contributed by atoms with Gasteiger partial charge in [0, 0.05) is 23.6 Å². The number of para-hydroxylation sites is 1. The molecule has 0 fully saturated rings. The molecule has 1 aliphatic heterocycles. The Morgan fingerprint density at radius 3 is 2.83 bits per heavy atom. The first-order valence-corrected chi connectivity index (χ1v) is 9.07. The lowest BCUT2D eigenvalue weighted by Crippen LogP contribution is -2.31. The second-order valence-electron chi connectivity index (χ2n) is 6.66. The Kier molecular flexibility index (Phi) is 7.17. The zero-order chi connectivity index (χ0) is 16.7. The molecule has 0 aromatic heterocycles. The number of benzene rings is 1. The van der Waals surface area contributed by atoms with E-state index < -0.39 is 12.3 Å². The molecule has 1 aromatic carbocycles. The lowest BCUT2D eigenvalue weighted by atomic mass is 9.98. The second kappa shape index (κ2) is 8.89. The van der Waals surface area contributed by atoms with Crippen LogP contribution in [0.4, 0.5) is 0 Å². The van der Waals surface area contributed by atoms with E-state index in [0.29, 0.717) is 24.7 Å². The van der Waals surface area contributed by atoms with Gasteiger partial charge in [-0.25, -0.2) is 0 Å². The molecule has 2 atom stereocenters. The third kappa shape index (κ3) is 6.69. The van der Waals surface area contributed by atoms with Crippen molar-refractivity contribution in [3.63, 3.8) is 0 Å². The van der Waals surface area contributed by atoms with Crippen LogP contribution in [0.3, 0.4) is 0 Å². The lowest BCUT2D eigenvalue weighted by molar-refractivity contribution is -0.00981. The first-order valence-electron chi connectivity index (χ1n) is 7.92. The van der Waals surface area contributed by atoms with E-state index in [0.717, 1.165) is 11.3 Å². The van der Waals surface area contributed by atoms with Crippen molar-refractivity contribution in [2.24, 2.45) is 5.41 Å². The molecule has 3 N–H and O–H groups in total. The van der Waals surface area contributed by atoms with Crippen molar-refractivity contribution in [3.8, 4) is 5.75 Å². The van der Waals surface area contributed by atoms with Gasteiger partial charge < -0.3 is 19.7 Å². The van der Waals surface area contributed by atoms with Crippen LogP contribution in [0, 0.1) is 5.41 Å². The Morgan fingerprint density at radius 2 is 2.00 bits per heavy atom. The molecular weight excluding hydrogens is 314 g/mol. The molecule has 0 spiro atoms. The Morgan fingerprint density at radius 1 is 1.22 bits per heavy atom. The Hall–Kier alpha value is -0.790. The fourth-order valence-electron chi connectivity index (χ4n) is 2.27. The topological polar surface area (TPSA) is 71.0 Å². The number of rotatable bonds is 0. The van der Waals surface area contributed by atoms with Gasteiger partial charge >= 0.3 is 0 Å². The summed E-state index contributed by atoms with van der Waals surface area (Å²) >= 11 is 1.70. The van der Waals surface area contributed by atoms with E-state index in [-0.39, 0.29) is 18.6 Å². The third-order valence-electron chi connectivity index (χ3n) is 3.50. The summed E-state index contributed by atoms with van der Waals surface area (Å²) in [6, 6.07) is 7.64. The quantitative estimate of drug-likeness (QED) is 0.666. The molecule has 5 nitrogen and oxygen atoms in total. The molecule has 0 amide bonds. The van der Waals surface area contributed by atoms with Crippen LogP contribution < -0.4 is 10.1 Å². The van der Waals surface area contributed by atoms with Gasteiger partial charge in [-0.1, -0.05) is 32.0 Å². The maximum atomic E-state index is 10.1. The van der Waals surface area contributed by atoms with Gasteiger partial charge in [0.25, 0.3) is 0 Å². The molecule has 1 heterocycles. The average Bonchev–Trinajstić information content (AvgIpc) is 2.51. The van der Waals surface area contributed by atoms with Crippen LogP contribution in [-0.2, 0) is 11.3 Å². The molecule has 23 heavy (non-hydrogen) atoms. The SMILES string of the molecule is CC1(C)COCC(O)COc2ccccc2CNC(O)CSC1. The Labute approximate surface area is 142 Å². The van der Waals surface area contributed by atoms with Gasteiger partial charge in [-0.3, -0.25) is 5.32 Å².